The number of nitrogens with zero attached hydrogens (tertiary/aromatic N) is 1. The Hall–Kier alpha value is -1.73. The van der Waals surface area contributed by atoms with Gasteiger partial charge in [0.2, 0.25) is 11.8 Å². The highest BCUT2D eigenvalue weighted by molar-refractivity contribution is 8.03. The van der Waals surface area contributed by atoms with E-state index in [0.717, 1.165) is 31.0 Å². The van der Waals surface area contributed by atoms with Crippen LogP contribution in [0.2, 0.25) is 0 Å². The second kappa shape index (κ2) is 11.1. The second-order valence-corrected chi connectivity index (χ2v) is 11.4. The minimum atomic E-state index is -1.08. The van der Waals surface area contributed by atoms with Crippen LogP contribution >= 0.6 is 11.8 Å². The van der Waals surface area contributed by atoms with Gasteiger partial charge in [0.25, 0.3) is 0 Å². The van der Waals surface area contributed by atoms with E-state index in [1.807, 2.05) is 6.92 Å². The minimum absolute atomic E-state index is 0.0946. The maximum atomic E-state index is 13.3. The van der Waals surface area contributed by atoms with Gasteiger partial charge in [-0.25, -0.2) is 9.18 Å². The average Bonchev–Trinajstić information content (AvgIpc) is 3.47. The van der Waals surface area contributed by atoms with E-state index in [2.05, 4.69) is 26.6 Å². The molecule has 6 N–H and O–H groups in total. The number of aliphatic carboxylic acids is 1. The van der Waals surface area contributed by atoms with Gasteiger partial charge >= 0.3 is 5.97 Å². The van der Waals surface area contributed by atoms with Crippen LogP contribution in [0.4, 0.5) is 4.39 Å². The van der Waals surface area contributed by atoms with Gasteiger partial charge in [-0.1, -0.05) is 6.92 Å². The van der Waals surface area contributed by atoms with Gasteiger partial charge in [0.15, 0.2) is 0 Å². The molecule has 0 aliphatic carbocycles. The van der Waals surface area contributed by atoms with Crippen LogP contribution in [0.5, 0.6) is 0 Å². The van der Waals surface area contributed by atoms with E-state index in [1.54, 1.807) is 25.7 Å². The Kier molecular flexibility index (Phi) is 8.37. The van der Waals surface area contributed by atoms with E-state index in [1.165, 1.54) is 4.90 Å². The lowest BCUT2D eigenvalue weighted by molar-refractivity contribution is -0.158. The van der Waals surface area contributed by atoms with E-state index < -0.39 is 18.1 Å². The van der Waals surface area contributed by atoms with Crippen LogP contribution in [0.3, 0.4) is 0 Å². The third-order valence-corrected chi connectivity index (χ3v) is 8.99. The molecule has 12 heteroatoms. The van der Waals surface area contributed by atoms with Gasteiger partial charge in [0.1, 0.15) is 11.9 Å². The number of likely N-dealkylation sites (N-methyl/N-ethyl adjacent to an activating group) is 1. The molecular formula is C23H37FN6O4S. The van der Waals surface area contributed by atoms with Crippen LogP contribution in [0, 0.1) is 11.8 Å². The highest BCUT2D eigenvalue weighted by atomic mass is 32.2. The molecule has 3 saturated heterocycles. The number of carbonyl (C=O) groups excluding carboxylic acids is 2. The van der Waals surface area contributed by atoms with Gasteiger partial charge in [-0.15, -0.1) is 11.8 Å². The molecule has 0 aromatic heterocycles. The molecule has 4 rings (SSSR count). The van der Waals surface area contributed by atoms with Crippen molar-refractivity contribution in [3.63, 3.8) is 0 Å². The maximum absolute atomic E-state index is 13.3. The minimum Gasteiger partial charge on any atom is -0.477 e. The Morgan fingerprint density at radius 1 is 1.23 bits per heavy atom. The molecule has 0 aromatic rings. The van der Waals surface area contributed by atoms with E-state index in [9.17, 15) is 23.9 Å². The Bertz CT molecular complexity index is 875. The summed E-state index contributed by atoms with van der Waals surface area (Å²) in [6, 6.07) is -0.211. The molecule has 10 nitrogen and oxygen atoms in total. The molecule has 35 heavy (non-hydrogen) atoms. The largest absolute Gasteiger partial charge is 0.477 e. The molecule has 0 radical (unpaired) electrons. The van der Waals surface area contributed by atoms with Crippen LogP contribution < -0.4 is 26.6 Å². The van der Waals surface area contributed by atoms with Crippen molar-refractivity contribution >= 4 is 29.5 Å². The lowest BCUT2D eigenvalue weighted by atomic mass is 9.78. The Labute approximate surface area is 209 Å². The number of halogens is 1. The zero-order chi connectivity index (χ0) is 25.3. The first-order valence-corrected chi connectivity index (χ1v) is 13.3. The Morgan fingerprint density at radius 2 is 1.91 bits per heavy atom. The average molecular weight is 513 g/mol. The number of carboxylic acid groups (broad SMARTS) is 1. The van der Waals surface area contributed by atoms with Gasteiger partial charge in [0.05, 0.1) is 18.5 Å². The number of carbonyl (C=O) groups is 3. The third kappa shape index (κ3) is 5.51. The molecule has 8 atom stereocenters. The van der Waals surface area contributed by atoms with E-state index in [4.69, 9.17) is 0 Å². The Morgan fingerprint density at radius 3 is 2.54 bits per heavy atom. The highest BCUT2D eigenvalue weighted by Crippen LogP contribution is 2.51. The molecule has 2 amide bonds. The fourth-order valence-corrected chi connectivity index (χ4v) is 7.33. The molecule has 1 unspecified atom stereocenters. The number of hydrogen-bond acceptors (Lipinski definition) is 8. The summed E-state index contributed by atoms with van der Waals surface area (Å²) in [5.41, 5.74) is 0.0946. The molecule has 0 aromatic carbocycles. The van der Waals surface area contributed by atoms with Gasteiger partial charge in [0, 0.05) is 60.4 Å². The highest BCUT2D eigenvalue weighted by Gasteiger charge is 2.60. The number of fused-ring (bicyclic) bond motifs is 1. The third-order valence-electron chi connectivity index (χ3n) is 7.48. The number of carboxylic acids is 1. The normalized spacial score (nSPS) is 35.3. The van der Waals surface area contributed by atoms with Crippen molar-refractivity contribution in [2.45, 2.75) is 62.3 Å². The zero-order valence-corrected chi connectivity index (χ0v) is 21.3. The molecule has 4 aliphatic rings. The number of hydrogen-bond donors (Lipinski definition) is 6. The van der Waals surface area contributed by atoms with E-state index in [0.29, 0.717) is 13.0 Å². The zero-order valence-electron chi connectivity index (χ0n) is 20.5. The van der Waals surface area contributed by atoms with Crippen molar-refractivity contribution in [2.24, 2.45) is 11.8 Å². The van der Waals surface area contributed by atoms with E-state index in [-0.39, 0.29) is 59.4 Å². The SMILES string of the molecule is CNCC(=O)N[C@H](C)[C@H]1C(=O)N2C(C(=O)O)=C(S[C@@H]3CN[C@H](CNCC4C[C@H](F)CN4)C3)[C@H](C)[C@H]12. The number of alkyl halides is 1. The van der Waals surface area contributed by atoms with Gasteiger partial charge in [-0.05, 0) is 26.8 Å². The van der Waals surface area contributed by atoms with Crippen LogP contribution in [0.15, 0.2) is 10.6 Å². The van der Waals surface area contributed by atoms with Crippen molar-refractivity contribution in [3.05, 3.63) is 10.6 Å². The van der Waals surface area contributed by atoms with Crippen molar-refractivity contribution in [3.8, 4) is 0 Å². The first-order valence-electron chi connectivity index (χ1n) is 12.4. The summed E-state index contributed by atoms with van der Waals surface area (Å²) < 4.78 is 13.3. The first-order chi connectivity index (χ1) is 16.7. The number of rotatable bonds is 11. The number of amides is 2. The van der Waals surface area contributed by atoms with Crippen molar-refractivity contribution in [1.29, 1.82) is 0 Å². The summed E-state index contributed by atoms with van der Waals surface area (Å²) in [6.07, 6.45) is 0.661. The fourth-order valence-electron chi connectivity index (χ4n) is 5.82. The molecule has 3 fully saturated rings. The second-order valence-electron chi connectivity index (χ2n) is 10.1. The van der Waals surface area contributed by atoms with Crippen LogP contribution in [-0.2, 0) is 14.4 Å². The first kappa shape index (κ1) is 26.3. The number of nitrogens with one attached hydrogen (secondary N) is 5. The summed E-state index contributed by atoms with van der Waals surface area (Å²) in [5, 5.41) is 25.9. The monoisotopic (exact) mass is 512 g/mol. The van der Waals surface area contributed by atoms with Crippen LogP contribution in [0.25, 0.3) is 0 Å². The number of β-lactam (4-membered cyclic amide) rings is 1. The molecular weight excluding hydrogens is 475 g/mol. The van der Waals surface area contributed by atoms with E-state index >= 15 is 0 Å². The maximum Gasteiger partial charge on any atom is 0.353 e. The molecule has 0 spiro atoms. The molecule has 0 bridgehead atoms. The Balaban J connectivity index is 1.33. The van der Waals surface area contributed by atoms with Crippen LogP contribution in [-0.4, -0.2) is 103 Å². The molecule has 0 saturated carbocycles. The summed E-state index contributed by atoms with van der Waals surface area (Å²) >= 11 is 1.56. The predicted molar refractivity (Wildman–Crippen MR) is 131 cm³/mol. The molecule has 196 valence electrons. The summed E-state index contributed by atoms with van der Waals surface area (Å²) in [5.74, 6) is -2.07. The summed E-state index contributed by atoms with van der Waals surface area (Å²) in [6.45, 7) is 6.62. The van der Waals surface area contributed by atoms with Crippen molar-refractivity contribution < 1.29 is 23.9 Å². The van der Waals surface area contributed by atoms with Gasteiger partial charge in [-0.3, -0.25) is 9.59 Å². The summed E-state index contributed by atoms with van der Waals surface area (Å²) in [4.78, 5) is 39.3. The number of thioether (sulfide) groups is 1. The van der Waals surface area contributed by atoms with Crippen molar-refractivity contribution in [1.82, 2.24) is 31.5 Å². The van der Waals surface area contributed by atoms with Crippen molar-refractivity contribution in [2.75, 3.05) is 39.8 Å². The molecule has 4 heterocycles. The van der Waals surface area contributed by atoms with Gasteiger partial charge in [-0.2, -0.15) is 0 Å². The summed E-state index contributed by atoms with van der Waals surface area (Å²) in [7, 11) is 1.68. The smallest absolute Gasteiger partial charge is 0.353 e. The molecule has 4 aliphatic heterocycles. The van der Waals surface area contributed by atoms with Crippen LogP contribution in [0.1, 0.15) is 26.7 Å². The quantitative estimate of drug-likeness (QED) is 0.198. The standard InChI is InChI=1S/C23H37FN6O4S/c1-11-19-18(12(2)29-17(31)10-25-3)22(32)30(19)20(23(33)34)21(11)35-16-5-15(28-9-16)8-26-7-14-4-13(24)6-27-14/h11-16,18-19,25-28H,4-10H2,1-3H3,(H,29,31)(H,33,34)/t11-,12-,13+,14?,15+,16+,18-,19-/m1/s1. The topological polar surface area (TPSA) is 135 Å². The van der Waals surface area contributed by atoms with Gasteiger partial charge < -0.3 is 36.6 Å². The lowest BCUT2D eigenvalue weighted by Crippen LogP contribution is -2.66. The lowest BCUT2D eigenvalue weighted by Gasteiger charge is -2.47. The fraction of sp³-hybridized carbons (Fsp3) is 0.783. The predicted octanol–water partition coefficient (Wildman–Crippen LogP) is -0.763.